The molecule has 94 valence electrons. The lowest BCUT2D eigenvalue weighted by Gasteiger charge is -2.09. The molecule has 0 aliphatic heterocycles. The number of nitrogens with one attached hydrogen (secondary N) is 1. The number of hydrogen-bond acceptors (Lipinski definition) is 5. The predicted molar refractivity (Wildman–Crippen MR) is 63.0 cm³/mol. The Hall–Kier alpha value is -1.69. The number of rotatable bonds is 7. The van der Waals surface area contributed by atoms with Crippen molar-refractivity contribution in [2.24, 2.45) is 5.92 Å². The van der Waals surface area contributed by atoms with E-state index in [9.17, 15) is 4.79 Å². The molecular weight excluding hydrogens is 222 g/mol. The van der Waals surface area contributed by atoms with E-state index < -0.39 is 5.97 Å². The number of carboxylic acids is 1. The highest BCUT2D eigenvalue weighted by Gasteiger charge is 2.11. The van der Waals surface area contributed by atoms with Crippen LogP contribution >= 0.6 is 0 Å². The van der Waals surface area contributed by atoms with Gasteiger partial charge >= 0.3 is 5.97 Å². The summed E-state index contributed by atoms with van der Waals surface area (Å²) in [6, 6.07) is 0. The summed E-state index contributed by atoms with van der Waals surface area (Å²) in [6.07, 6.45) is 4.52. The predicted octanol–water partition coefficient (Wildman–Crippen LogP) is 0.995. The molecule has 0 aromatic carbocycles. The van der Waals surface area contributed by atoms with Crippen LogP contribution in [0.1, 0.15) is 30.3 Å². The fourth-order valence-corrected chi connectivity index (χ4v) is 1.37. The highest BCUT2D eigenvalue weighted by atomic mass is 16.4. The average molecular weight is 239 g/mol. The van der Waals surface area contributed by atoms with E-state index in [2.05, 4.69) is 15.3 Å². The number of nitrogens with zero attached hydrogens (tertiary/aromatic N) is 2. The van der Waals surface area contributed by atoms with Crippen molar-refractivity contribution >= 4 is 11.8 Å². The largest absolute Gasteiger partial charge is 0.476 e. The molecule has 0 radical (unpaired) electrons. The summed E-state index contributed by atoms with van der Waals surface area (Å²) >= 11 is 0. The minimum Gasteiger partial charge on any atom is -0.476 e. The van der Waals surface area contributed by atoms with Crippen molar-refractivity contribution in [3.05, 3.63) is 18.1 Å². The number of carboxylic acid groups (broad SMARTS) is 1. The lowest BCUT2D eigenvalue weighted by Crippen LogP contribution is -2.12. The van der Waals surface area contributed by atoms with Crippen LogP contribution in [0.2, 0.25) is 0 Å². The molecule has 17 heavy (non-hydrogen) atoms. The van der Waals surface area contributed by atoms with Gasteiger partial charge in [0.1, 0.15) is 0 Å². The highest BCUT2D eigenvalue weighted by Crippen LogP contribution is 2.09. The van der Waals surface area contributed by atoms with E-state index in [1.165, 1.54) is 12.4 Å². The van der Waals surface area contributed by atoms with Crippen LogP contribution in [0.25, 0.3) is 0 Å². The zero-order chi connectivity index (χ0) is 12.7. The highest BCUT2D eigenvalue weighted by molar-refractivity contribution is 5.90. The van der Waals surface area contributed by atoms with Crippen LogP contribution in [0.5, 0.6) is 0 Å². The number of hydrogen-bond donors (Lipinski definition) is 3. The van der Waals surface area contributed by atoms with E-state index in [4.69, 9.17) is 10.2 Å². The third kappa shape index (κ3) is 4.36. The summed E-state index contributed by atoms with van der Waals surface area (Å²) < 4.78 is 0. The zero-order valence-electron chi connectivity index (χ0n) is 9.76. The fourth-order valence-electron chi connectivity index (χ4n) is 1.37. The van der Waals surface area contributed by atoms with Crippen LogP contribution in [-0.2, 0) is 0 Å². The molecule has 0 aliphatic rings. The Labute approximate surface area is 99.7 Å². The molecule has 0 amide bonds. The second-order valence-corrected chi connectivity index (χ2v) is 3.92. The molecule has 0 aliphatic carbocycles. The Kier molecular flexibility index (Phi) is 5.35. The summed E-state index contributed by atoms with van der Waals surface area (Å²) in [5.74, 6) is -0.543. The number of carbonyl (C=O) groups is 1. The van der Waals surface area contributed by atoms with E-state index in [1.807, 2.05) is 6.92 Å². The summed E-state index contributed by atoms with van der Waals surface area (Å²) in [5, 5.41) is 20.7. The van der Waals surface area contributed by atoms with E-state index in [1.54, 1.807) is 0 Å². The number of anilines is 1. The normalized spacial score (nSPS) is 12.1. The first kappa shape index (κ1) is 13.4. The van der Waals surface area contributed by atoms with Crippen molar-refractivity contribution in [3.8, 4) is 0 Å². The van der Waals surface area contributed by atoms with Crippen LogP contribution in [0.3, 0.4) is 0 Å². The van der Waals surface area contributed by atoms with E-state index in [-0.39, 0.29) is 24.0 Å². The van der Waals surface area contributed by atoms with Gasteiger partial charge in [0, 0.05) is 25.5 Å². The number of aromatic carboxylic acids is 1. The van der Waals surface area contributed by atoms with Crippen LogP contribution in [0.4, 0.5) is 5.82 Å². The third-order valence-corrected chi connectivity index (χ3v) is 2.38. The molecule has 0 bridgehead atoms. The first-order valence-corrected chi connectivity index (χ1v) is 5.54. The zero-order valence-corrected chi connectivity index (χ0v) is 9.76. The Balaban J connectivity index is 2.44. The second-order valence-electron chi connectivity index (χ2n) is 3.92. The number of aromatic nitrogens is 2. The van der Waals surface area contributed by atoms with Gasteiger partial charge in [-0.05, 0) is 18.8 Å². The van der Waals surface area contributed by atoms with Gasteiger partial charge in [0.05, 0.1) is 0 Å². The first-order valence-electron chi connectivity index (χ1n) is 5.54. The first-order chi connectivity index (χ1) is 8.15. The molecule has 1 atom stereocenters. The maximum absolute atomic E-state index is 10.8. The van der Waals surface area contributed by atoms with Crippen LogP contribution in [-0.4, -0.2) is 39.3 Å². The Bertz CT molecular complexity index is 371. The minimum atomic E-state index is -1.09. The molecule has 3 N–H and O–H groups in total. The molecule has 1 heterocycles. The van der Waals surface area contributed by atoms with Crippen molar-refractivity contribution in [2.45, 2.75) is 19.8 Å². The molecule has 0 saturated heterocycles. The smallest absolute Gasteiger partial charge is 0.358 e. The van der Waals surface area contributed by atoms with Crippen LogP contribution in [0.15, 0.2) is 12.4 Å². The number of aliphatic hydroxyl groups excluding tert-OH is 1. The summed E-state index contributed by atoms with van der Waals surface area (Å²) in [6.45, 7) is 2.75. The van der Waals surface area contributed by atoms with Gasteiger partial charge in [0.2, 0.25) is 0 Å². The fraction of sp³-hybridized carbons (Fsp3) is 0.545. The Morgan fingerprint density at radius 2 is 2.18 bits per heavy atom. The summed E-state index contributed by atoms with van der Waals surface area (Å²) in [7, 11) is 0. The van der Waals surface area contributed by atoms with Crippen molar-refractivity contribution in [1.29, 1.82) is 0 Å². The minimum absolute atomic E-state index is 0.0669. The molecule has 1 aromatic heterocycles. The molecule has 0 spiro atoms. The van der Waals surface area contributed by atoms with Crippen molar-refractivity contribution in [3.63, 3.8) is 0 Å². The van der Waals surface area contributed by atoms with Crippen LogP contribution in [0, 0.1) is 5.92 Å². The van der Waals surface area contributed by atoms with Gasteiger partial charge in [-0.25, -0.2) is 14.8 Å². The van der Waals surface area contributed by atoms with Gasteiger partial charge in [0.25, 0.3) is 0 Å². The van der Waals surface area contributed by atoms with E-state index in [0.717, 1.165) is 12.8 Å². The lowest BCUT2D eigenvalue weighted by molar-refractivity contribution is 0.0691. The topological polar surface area (TPSA) is 95.3 Å². The quantitative estimate of drug-likeness (QED) is 0.614. The Morgan fingerprint density at radius 3 is 2.82 bits per heavy atom. The third-order valence-electron chi connectivity index (χ3n) is 2.38. The van der Waals surface area contributed by atoms with Crippen LogP contribution < -0.4 is 5.32 Å². The van der Waals surface area contributed by atoms with Gasteiger partial charge in [-0.2, -0.15) is 0 Å². The maximum Gasteiger partial charge on any atom is 0.358 e. The average Bonchev–Trinajstić information content (AvgIpc) is 2.34. The molecule has 1 aromatic rings. The van der Waals surface area contributed by atoms with Crippen molar-refractivity contribution in [2.75, 3.05) is 18.5 Å². The molecule has 1 rings (SSSR count). The van der Waals surface area contributed by atoms with Gasteiger partial charge in [-0.1, -0.05) is 6.92 Å². The van der Waals surface area contributed by atoms with Gasteiger partial charge < -0.3 is 15.5 Å². The second kappa shape index (κ2) is 6.80. The molecule has 6 nitrogen and oxygen atoms in total. The van der Waals surface area contributed by atoms with Crippen molar-refractivity contribution < 1.29 is 15.0 Å². The van der Waals surface area contributed by atoms with Gasteiger partial charge in [-0.15, -0.1) is 0 Å². The standard InChI is InChI=1S/C11H17N3O3/c1-8(7-15)3-2-4-13-10-9(11(16)17)12-5-6-14-10/h5-6,8,15H,2-4,7H2,1H3,(H,13,14)(H,16,17). The van der Waals surface area contributed by atoms with Gasteiger partial charge in [-0.3, -0.25) is 0 Å². The summed E-state index contributed by atoms with van der Waals surface area (Å²) in [5.41, 5.74) is -0.0669. The molecule has 1 unspecified atom stereocenters. The molecule has 6 heteroatoms. The maximum atomic E-state index is 10.8. The molecule has 0 saturated carbocycles. The number of aliphatic hydroxyl groups is 1. The van der Waals surface area contributed by atoms with Gasteiger partial charge in [0.15, 0.2) is 11.5 Å². The van der Waals surface area contributed by atoms with E-state index >= 15 is 0 Å². The summed E-state index contributed by atoms with van der Waals surface area (Å²) in [4.78, 5) is 18.5. The molecular formula is C11H17N3O3. The lowest BCUT2D eigenvalue weighted by atomic mass is 10.1. The SMILES string of the molecule is CC(CO)CCCNc1nccnc1C(=O)O. The monoisotopic (exact) mass is 239 g/mol. The van der Waals surface area contributed by atoms with Crippen molar-refractivity contribution in [1.82, 2.24) is 9.97 Å². The molecule has 0 fully saturated rings. The van der Waals surface area contributed by atoms with E-state index in [0.29, 0.717) is 6.54 Å². The Morgan fingerprint density at radius 1 is 1.47 bits per heavy atom.